The Morgan fingerprint density at radius 2 is 1.91 bits per heavy atom. The molecule has 1 aliphatic rings. The molecule has 33 heavy (non-hydrogen) atoms. The maximum atomic E-state index is 12.8. The van der Waals surface area contributed by atoms with Gasteiger partial charge in [0.05, 0.1) is 22.3 Å². The van der Waals surface area contributed by atoms with Crippen LogP contribution in [0, 0.1) is 18.3 Å². The SMILES string of the molecule is Cc1ncc2c(C#N)c(-c3ccc(S(=O)(=O)N[C@@H](C)C(F)(F)F)cn3)n(C3CCCC3)c2n1. The first-order valence-corrected chi connectivity index (χ1v) is 11.8. The van der Waals surface area contributed by atoms with Crippen molar-refractivity contribution in [2.24, 2.45) is 0 Å². The van der Waals surface area contributed by atoms with Crippen LogP contribution in [0.2, 0.25) is 0 Å². The third-order valence-corrected chi connectivity index (χ3v) is 7.30. The van der Waals surface area contributed by atoms with Gasteiger partial charge in [0, 0.05) is 18.4 Å². The van der Waals surface area contributed by atoms with Crippen molar-refractivity contribution in [3.8, 4) is 17.5 Å². The summed E-state index contributed by atoms with van der Waals surface area (Å²) in [6.07, 6.45) is 1.73. The summed E-state index contributed by atoms with van der Waals surface area (Å²) in [5.74, 6) is 0.551. The van der Waals surface area contributed by atoms with Gasteiger partial charge in [-0.05, 0) is 38.8 Å². The van der Waals surface area contributed by atoms with E-state index in [0.29, 0.717) is 33.8 Å². The minimum Gasteiger partial charge on any atom is -0.320 e. The molecule has 1 aliphatic carbocycles. The number of alkyl halides is 3. The van der Waals surface area contributed by atoms with E-state index in [2.05, 4.69) is 21.0 Å². The van der Waals surface area contributed by atoms with Crippen LogP contribution in [0.5, 0.6) is 0 Å². The Morgan fingerprint density at radius 3 is 2.48 bits per heavy atom. The third kappa shape index (κ3) is 4.30. The summed E-state index contributed by atoms with van der Waals surface area (Å²) in [4.78, 5) is 12.6. The molecule has 12 heteroatoms. The van der Waals surface area contributed by atoms with Gasteiger partial charge in [0.25, 0.3) is 0 Å². The molecule has 1 atom stereocenters. The van der Waals surface area contributed by atoms with E-state index in [1.807, 2.05) is 4.57 Å². The fourth-order valence-electron chi connectivity index (χ4n) is 4.10. The largest absolute Gasteiger partial charge is 0.404 e. The van der Waals surface area contributed by atoms with E-state index in [0.717, 1.165) is 38.8 Å². The number of sulfonamides is 1. The van der Waals surface area contributed by atoms with E-state index in [1.54, 1.807) is 17.8 Å². The van der Waals surface area contributed by atoms with Gasteiger partial charge < -0.3 is 4.57 Å². The second kappa shape index (κ2) is 8.39. The van der Waals surface area contributed by atoms with E-state index in [4.69, 9.17) is 0 Å². The molecule has 4 rings (SSSR count). The molecule has 0 aromatic carbocycles. The van der Waals surface area contributed by atoms with Gasteiger partial charge in [0.1, 0.15) is 28.5 Å². The van der Waals surface area contributed by atoms with E-state index in [1.165, 1.54) is 12.1 Å². The molecule has 3 aromatic heterocycles. The summed E-state index contributed by atoms with van der Waals surface area (Å²) < 4.78 is 66.8. The van der Waals surface area contributed by atoms with Crippen molar-refractivity contribution in [2.75, 3.05) is 0 Å². The lowest BCUT2D eigenvalue weighted by Gasteiger charge is -2.18. The van der Waals surface area contributed by atoms with Crippen LogP contribution >= 0.6 is 0 Å². The van der Waals surface area contributed by atoms with Gasteiger partial charge in [-0.25, -0.2) is 18.4 Å². The minimum atomic E-state index is -4.72. The smallest absolute Gasteiger partial charge is 0.320 e. The molecule has 0 amide bonds. The Bertz CT molecular complexity index is 1340. The Kier molecular flexibility index (Phi) is 5.88. The summed E-state index contributed by atoms with van der Waals surface area (Å²) in [7, 11) is -4.44. The second-order valence-electron chi connectivity index (χ2n) is 8.06. The summed E-state index contributed by atoms with van der Waals surface area (Å²) in [6, 6.07) is 2.62. The molecule has 0 unspecified atom stereocenters. The topological polar surface area (TPSA) is 114 Å². The molecule has 174 valence electrons. The van der Waals surface area contributed by atoms with Gasteiger partial charge in [-0.15, -0.1) is 0 Å². The van der Waals surface area contributed by atoms with Gasteiger partial charge in [0.2, 0.25) is 10.0 Å². The summed E-state index contributed by atoms with van der Waals surface area (Å²) in [5.41, 5.74) is 1.76. The van der Waals surface area contributed by atoms with Crippen molar-refractivity contribution in [1.29, 1.82) is 5.26 Å². The van der Waals surface area contributed by atoms with E-state index >= 15 is 0 Å². The highest BCUT2D eigenvalue weighted by Crippen LogP contribution is 2.40. The highest BCUT2D eigenvalue weighted by atomic mass is 32.2. The van der Waals surface area contributed by atoms with Crippen LogP contribution in [0.4, 0.5) is 13.2 Å². The summed E-state index contributed by atoms with van der Waals surface area (Å²) in [6.45, 7) is 2.48. The average molecular weight is 479 g/mol. The molecule has 0 bridgehead atoms. The van der Waals surface area contributed by atoms with Gasteiger partial charge >= 0.3 is 6.18 Å². The molecule has 1 fully saturated rings. The standard InChI is InChI=1S/C21H21F3N6O2S/c1-12(21(22,23)24)29-33(31,32)15-7-8-18(27-10-15)19-16(9-25)17-11-26-13(2)28-20(17)30(19)14-5-3-4-6-14/h7-8,10-12,14,29H,3-6H2,1-2H3/t12-/m0/s1. The molecule has 8 nitrogen and oxygen atoms in total. The van der Waals surface area contributed by atoms with Crippen molar-refractivity contribution < 1.29 is 21.6 Å². The third-order valence-electron chi connectivity index (χ3n) is 5.78. The highest BCUT2D eigenvalue weighted by Gasteiger charge is 2.39. The van der Waals surface area contributed by atoms with Gasteiger partial charge in [-0.1, -0.05) is 12.8 Å². The molecule has 0 radical (unpaired) electrons. The van der Waals surface area contributed by atoms with E-state index in [9.17, 15) is 26.9 Å². The molecular weight excluding hydrogens is 457 g/mol. The Hall–Kier alpha value is -3.04. The normalized spacial score (nSPS) is 16.2. The maximum Gasteiger partial charge on any atom is 0.404 e. The molecular formula is C21H21F3N6O2S. The van der Waals surface area contributed by atoms with Gasteiger partial charge in [0.15, 0.2) is 0 Å². The molecule has 0 aliphatic heterocycles. The van der Waals surface area contributed by atoms with E-state index < -0.39 is 27.1 Å². The summed E-state index contributed by atoms with van der Waals surface area (Å²) in [5, 5.41) is 10.5. The Labute approximate surface area is 188 Å². The maximum absolute atomic E-state index is 12.8. The number of hydrogen-bond donors (Lipinski definition) is 1. The predicted octanol–water partition coefficient (Wildman–Crippen LogP) is 4.02. The first kappa shape index (κ1) is 23.1. The van der Waals surface area contributed by atoms with Crippen LogP contribution in [0.25, 0.3) is 22.4 Å². The number of fused-ring (bicyclic) bond motifs is 1. The number of nitriles is 1. The van der Waals surface area contributed by atoms with Crippen molar-refractivity contribution in [3.63, 3.8) is 0 Å². The number of nitrogens with one attached hydrogen (secondary N) is 1. The molecule has 0 saturated heterocycles. The van der Waals surface area contributed by atoms with Gasteiger partial charge in [-0.3, -0.25) is 4.98 Å². The molecule has 1 N–H and O–H groups in total. The number of pyridine rings is 1. The number of halogens is 3. The lowest BCUT2D eigenvalue weighted by atomic mass is 10.1. The van der Waals surface area contributed by atoms with Crippen LogP contribution in [-0.2, 0) is 10.0 Å². The number of rotatable bonds is 5. The van der Waals surface area contributed by atoms with Crippen molar-refractivity contribution >= 4 is 21.1 Å². The van der Waals surface area contributed by atoms with Crippen LogP contribution in [0.15, 0.2) is 29.4 Å². The molecule has 1 saturated carbocycles. The van der Waals surface area contributed by atoms with Crippen LogP contribution in [-0.4, -0.2) is 40.2 Å². The number of aryl methyl sites for hydroxylation is 1. The lowest BCUT2D eigenvalue weighted by Crippen LogP contribution is -2.42. The first-order chi connectivity index (χ1) is 15.5. The minimum absolute atomic E-state index is 0.0958. The fourth-order valence-corrected chi connectivity index (χ4v) is 5.28. The quantitative estimate of drug-likeness (QED) is 0.593. The number of aromatic nitrogens is 4. The zero-order chi connectivity index (χ0) is 24.0. The average Bonchev–Trinajstić information content (AvgIpc) is 3.38. The molecule has 3 aromatic rings. The van der Waals surface area contributed by atoms with Crippen molar-refractivity contribution in [1.82, 2.24) is 24.2 Å². The highest BCUT2D eigenvalue weighted by molar-refractivity contribution is 7.89. The first-order valence-electron chi connectivity index (χ1n) is 10.4. The molecule has 0 spiro atoms. The predicted molar refractivity (Wildman–Crippen MR) is 114 cm³/mol. The zero-order valence-electron chi connectivity index (χ0n) is 17.9. The van der Waals surface area contributed by atoms with Crippen LogP contribution in [0.1, 0.15) is 50.0 Å². The van der Waals surface area contributed by atoms with E-state index in [-0.39, 0.29) is 6.04 Å². The number of nitrogens with zero attached hydrogens (tertiary/aromatic N) is 5. The van der Waals surface area contributed by atoms with Gasteiger partial charge in [-0.2, -0.15) is 23.2 Å². The van der Waals surface area contributed by atoms with Crippen LogP contribution in [0.3, 0.4) is 0 Å². The monoisotopic (exact) mass is 478 g/mol. The lowest BCUT2D eigenvalue weighted by molar-refractivity contribution is -0.147. The summed E-state index contributed by atoms with van der Waals surface area (Å²) >= 11 is 0. The second-order valence-corrected chi connectivity index (χ2v) is 9.78. The van der Waals surface area contributed by atoms with Crippen LogP contribution < -0.4 is 4.72 Å². The van der Waals surface area contributed by atoms with Crippen molar-refractivity contribution in [2.45, 2.75) is 62.7 Å². The van der Waals surface area contributed by atoms with Crippen molar-refractivity contribution in [3.05, 3.63) is 35.9 Å². The zero-order valence-corrected chi connectivity index (χ0v) is 18.7. The molecule has 3 heterocycles. The Balaban J connectivity index is 1.81. The fraction of sp³-hybridized carbons (Fsp3) is 0.429. The number of hydrogen-bond acceptors (Lipinski definition) is 6. The Morgan fingerprint density at radius 1 is 1.21 bits per heavy atom.